The largest absolute Gasteiger partial charge is 0.476 e. The van der Waals surface area contributed by atoms with Gasteiger partial charge in [0, 0.05) is 0 Å². The van der Waals surface area contributed by atoms with E-state index in [4.69, 9.17) is 22.4 Å². The molecule has 1 rings (SSSR count). The van der Waals surface area contributed by atoms with Crippen molar-refractivity contribution in [1.29, 1.82) is 0 Å². The van der Waals surface area contributed by atoms with Crippen LogP contribution in [0.3, 0.4) is 0 Å². The first-order valence-electron chi connectivity index (χ1n) is 4.40. The molecular formula is C10H9BrClN3O2. The zero-order valence-corrected chi connectivity index (χ0v) is 10.9. The lowest BCUT2D eigenvalue weighted by Crippen LogP contribution is -2.15. The van der Waals surface area contributed by atoms with Crippen LogP contribution in [0.15, 0.2) is 40.5 Å². The third-order valence-electron chi connectivity index (χ3n) is 1.78. The number of allylic oxidation sites excluding steroid dienone is 4. The van der Waals surface area contributed by atoms with Gasteiger partial charge in [-0.25, -0.2) is 9.48 Å². The summed E-state index contributed by atoms with van der Waals surface area (Å²) < 4.78 is 1.37. The first kappa shape index (κ1) is 13.5. The van der Waals surface area contributed by atoms with Crippen LogP contribution in [0.25, 0.3) is 5.82 Å². The van der Waals surface area contributed by atoms with Crippen molar-refractivity contribution in [3.63, 3.8) is 0 Å². The molecule has 0 aliphatic heterocycles. The van der Waals surface area contributed by atoms with Crippen LogP contribution in [-0.4, -0.2) is 20.9 Å². The van der Waals surface area contributed by atoms with Crippen molar-refractivity contribution in [3.05, 3.63) is 46.2 Å². The zero-order chi connectivity index (χ0) is 13.0. The van der Waals surface area contributed by atoms with Crippen LogP contribution in [0, 0.1) is 0 Å². The molecule has 0 spiro atoms. The second-order valence-electron chi connectivity index (χ2n) is 2.89. The Kier molecular flexibility index (Phi) is 4.53. The number of carboxylic acids is 1. The number of aromatic nitrogens is 2. The maximum Gasteiger partial charge on any atom is 0.355 e. The first-order valence-corrected chi connectivity index (χ1v) is 5.57. The lowest BCUT2D eigenvalue weighted by Gasteiger charge is -2.05. The van der Waals surface area contributed by atoms with E-state index in [1.54, 1.807) is 6.08 Å². The fraction of sp³-hybridized carbons (Fsp3) is 0. The van der Waals surface area contributed by atoms with Crippen molar-refractivity contribution in [2.45, 2.75) is 0 Å². The topological polar surface area (TPSA) is 81.1 Å². The highest BCUT2D eigenvalue weighted by Gasteiger charge is 2.18. The van der Waals surface area contributed by atoms with Crippen LogP contribution >= 0.6 is 27.5 Å². The number of halogens is 2. The van der Waals surface area contributed by atoms with Gasteiger partial charge in [-0.3, -0.25) is 0 Å². The van der Waals surface area contributed by atoms with Crippen molar-refractivity contribution in [2.24, 2.45) is 5.73 Å². The SMILES string of the molecule is C=C/C=C\C(Cl)=C(/N)n1ncc(Br)c1C(=O)O. The highest BCUT2D eigenvalue weighted by Crippen LogP contribution is 2.20. The van der Waals surface area contributed by atoms with Gasteiger partial charge in [-0.2, -0.15) is 5.10 Å². The molecule has 0 unspecified atom stereocenters. The third kappa shape index (κ3) is 2.98. The van der Waals surface area contributed by atoms with E-state index in [2.05, 4.69) is 27.6 Å². The highest BCUT2D eigenvalue weighted by molar-refractivity contribution is 9.10. The predicted octanol–water partition coefficient (Wildman–Crippen LogP) is 2.41. The monoisotopic (exact) mass is 317 g/mol. The van der Waals surface area contributed by atoms with Crippen molar-refractivity contribution in [1.82, 2.24) is 9.78 Å². The van der Waals surface area contributed by atoms with Crippen molar-refractivity contribution < 1.29 is 9.90 Å². The molecule has 0 saturated carbocycles. The lowest BCUT2D eigenvalue weighted by molar-refractivity contribution is 0.0686. The molecule has 0 saturated heterocycles. The van der Waals surface area contributed by atoms with Gasteiger partial charge in [0.1, 0.15) is 5.82 Å². The molecule has 90 valence electrons. The normalized spacial score (nSPS) is 12.6. The number of aromatic carboxylic acids is 1. The highest BCUT2D eigenvalue weighted by atomic mass is 79.9. The van der Waals surface area contributed by atoms with E-state index in [-0.39, 0.29) is 16.5 Å². The summed E-state index contributed by atoms with van der Waals surface area (Å²) in [5.74, 6) is -1.14. The van der Waals surface area contributed by atoms with Crippen LogP contribution in [0.2, 0.25) is 0 Å². The number of nitrogens with zero attached hydrogens (tertiary/aromatic N) is 2. The predicted molar refractivity (Wildman–Crippen MR) is 69.5 cm³/mol. The van der Waals surface area contributed by atoms with Crippen LogP contribution in [0.1, 0.15) is 10.5 Å². The summed E-state index contributed by atoms with van der Waals surface area (Å²) in [6, 6.07) is 0. The van der Waals surface area contributed by atoms with Gasteiger partial charge in [0.2, 0.25) is 0 Å². The number of rotatable bonds is 4. The second-order valence-corrected chi connectivity index (χ2v) is 4.15. The third-order valence-corrected chi connectivity index (χ3v) is 2.68. The molecule has 0 amide bonds. The Bertz CT molecular complexity index is 520. The number of hydrogen-bond acceptors (Lipinski definition) is 3. The Labute approximate surface area is 111 Å². The molecule has 0 bridgehead atoms. The summed E-state index contributed by atoms with van der Waals surface area (Å²) in [6.45, 7) is 3.48. The van der Waals surface area contributed by atoms with Crippen molar-refractivity contribution in [3.8, 4) is 0 Å². The Morgan fingerprint density at radius 3 is 2.88 bits per heavy atom. The Morgan fingerprint density at radius 1 is 1.71 bits per heavy atom. The number of hydrogen-bond donors (Lipinski definition) is 2. The summed E-state index contributed by atoms with van der Waals surface area (Å²) in [7, 11) is 0. The fourth-order valence-electron chi connectivity index (χ4n) is 1.04. The van der Waals surface area contributed by atoms with E-state index in [0.29, 0.717) is 4.47 Å². The summed E-state index contributed by atoms with van der Waals surface area (Å²) in [4.78, 5) is 11.0. The molecular weight excluding hydrogens is 309 g/mol. The van der Waals surface area contributed by atoms with Gasteiger partial charge in [-0.05, 0) is 22.0 Å². The Hall–Kier alpha value is -1.53. The van der Waals surface area contributed by atoms with Gasteiger partial charge in [0.05, 0.1) is 15.7 Å². The molecule has 0 aliphatic carbocycles. The van der Waals surface area contributed by atoms with Crippen LogP contribution in [0.5, 0.6) is 0 Å². The molecule has 7 heteroatoms. The van der Waals surface area contributed by atoms with E-state index in [1.165, 1.54) is 18.3 Å². The molecule has 1 aromatic heterocycles. The second kappa shape index (κ2) is 5.70. The van der Waals surface area contributed by atoms with Crippen LogP contribution in [-0.2, 0) is 0 Å². The molecule has 1 aromatic rings. The molecule has 0 radical (unpaired) electrons. The maximum absolute atomic E-state index is 11.0. The van der Waals surface area contributed by atoms with Crippen LogP contribution in [0.4, 0.5) is 0 Å². The summed E-state index contributed by atoms with van der Waals surface area (Å²) in [5, 5.41) is 13.0. The fourth-order valence-corrected chi connectivity index (χ4v) is 1.62. The number of nitrogens with two attached hydrogens (primary N) is 1. The van der Waals surface area contributed by atoms with Crippen LogP contribution < -0.4 is 5.73 Å². The molecule has 17 heavy (non-hydrogen) atoms. The molecule has 0 fully saturated rings. The number of carboxylic acid groups (broad SMARTS) is 1. The Morgan fingerprint density at radius 2 is 2.35 bits per heavy atom. The molecule has 0 aliphatic rings. The molecule has 5 nitrogen and oxygen atoms in total. The average molecular weight is 319 g/mol. The lowest BCUT2D eigenvalue weighted by atomic mass is 10.4. The standard InChI is InChI=1S/C10H9BrClN3O2/c1-2-3-4-7(12)9(13)15-8(10(16)17)6(11)5-14-15/h2-5H,1,13H2,(H,16,17)/b4-3-,9-7-. The van der Waals surface area contributed by atoms with E-state index in [0.717, 1.165) is 4.68 Å². The van der Waals surface area contributed by atoms with E-state index < -0.39 is 5.97 Å². The minimum absolute atomic E-state index is 0.0212. The van der Waals surface area contributed by atoms with Crippen molar-refractivity contribution in [2.75, 3.05) is 0 Å². The minimum Gasteiger partial charge on any atom is -0.476 e. The van der Waals surface area contributed by atoms with Gasteiger partial charge >= 0.3 is 5.97 Å². The minimum atomic E-state index is -1.16. The Balaban J connectivity index is 3.29. The van der Waals surface area contributed by atoms with E-state index in [1.807, 2.05) is 0 Å². The van der Waals surface area contributed by atoms with Crippen molar-refractivity contribution >= 4 is 39.3 Å². The van der Waals surface area contributed by atoms with Gasteiger partial charge in [0.15, 0.2) is 5.69 Å². The van der Waals surface area contributed by atoms with E-state index >= 15 is 0 Å². The van der Waals surface area contributed by atoms with Gasteiger partial charge in [-0.15, -0.1) is 0 Å². The molecule has 1 heterocycles. The number of carbonyl (C=O) groups is 1. The summed E-state index contributed by atoms with van der Waals surface area (Å²) >= 11 is 8.95. The van der Waals surface area contributed by atoms with Gasteiger partial charge in [-0.1, -0.05) is 30.3 Å². The molecule has 3 N–H and O–H groups in total. The average Bonchev–Trinajstić information content (AvgIpc) is 2.66. The smallest absolute Gasteiger partial charge is 0.355 e. The molecule has 0 aromatic carbocycles. The van der Waals surface area contributed by atoms with Gasteiger partial charge in [0.25, 0.3) is 0 Å². The van der Waals surface area contributed by atoms with Gasteiger partial charge < -0.3 is 10.8 Å². The maximum atomic E-state index is 11.0. The molecule has 0 atom stereocenters. The quantitative estimate of drug-likeness (QED) is 0.835. The summed E-state index contributed by atoms with van der Waals surface area (Å²) in [5.41, 5.74) is 5.62. The summed E-state index contributed by atoms with van der Waals surface area (Å²) in [6.07, 6.45) is 5.92. The first-order chi connectivity index (χ1) is 7.99. The zero-order valence-electron chi connectivity index (χ0n) is 8.60. The van der Waals surface area contributed by atoms with E-state index in [9.17, 15) is 4.79 Å².